The summed E-state index contributed by atoms with van der Waals surface area (Å²) in [6.45, 7) is 7.03. The van der Waals surface area contributed by atoms with Crippen LogP contribution in [0.4, 0.5) is 15.0 Å². The highest BCUT2D eigenvalue weighted by atomic mass is 79.9. The number of anilines is 1. The van der Waals surface area contributed by atoms with Crippen molar-refractivity contribution >= 4 is 39.9 Å². The van der Waals surface area contributed by atoms with Gasteiger partial charge in [0.1, 0.15) is 29.1 Å². The van der Waals surface area contributed by atoms with Gasteiger partial charge < -0.3 is 24.4 Å². The van der Waals surface area contributed by atoms with Crippen LogP contribution in [0.2, 0.25) is 0 Å². The van der Waals surface area contributed by atoms with Gasteiger partial charge in [0.25, 0.3) is 0 Å². The van der Waals surface area contributed by atoms with Crippen molar-refractivity contribution in [1.29, 1.82) is 5.26 Å². The molecule has 2 heterocycles. The van der Waals surface area contributed by atoms with E-state index in [1.165, 1.54) is 18.2 Å². The molecule has 0 saturated carbocycles. The summed E-state index contributed by atoms with van der Waals surface area (Å²) < 4.78 is 26.4. The third-order valence-corrected chi connectivity index (χ3v) is 7.87. The van der Waals surface area contributed by atoms with Crippen molar-refractivity contribution in [3.63, 3.8) is 0 Å². The Morgan fingerprint density at radius 1 is 1.18 bits per heavy atom. The summed E-state index contributed by atoms with van der Waals surface area (Å²) in [7, 11) is 1.55. The maximum Gasteiger partial charge on any atom is 0.410 e. The SMILES string of the molecule is COc1cc(N2CCC(N(Cc3ccc(/C=C/C(=O)O)cc3)C(=O)OC(C)(C)C)CC2)nc(-c2ccc(C#N)c(F)c2)c1Br. The minimum atomic E-state index is -1.02. The highest BCUT2D eigenvalue weighted by molar-refractivity contribution is 9.10. The monoisotopic (exact) mass is 664 g/mol. The van der Waals surface area contributed by atoms with Crippen LogP contribution >= 0.6 is 15.9 Å². The Balaban J connectivity index is 1.55. The number of piperidine rings is 1. The fourth-order valence-corrected chi connectivity index (χ4v) is 5.51. The maximum absolute atomic E-state index is 14.5. The van der Waals surface area contributed by atoms with Crippen molar-refractivity contribution in [3.8, 4) is 23.1 Å². The van der Waals surface area contributed by atoms with Gasteiger partial charge in [0, 0.05) is 43.4 Å². The van der Waals surface area contributed by atoms with Crippen molar-refractivity contribution in [3.05, 3.63) is 81.6 Å². The number of halogens is 2. The molecule has 4 rings (SSSR count). The van der Waals surface area contributed by atoms with Gasteiger partial charge >= 0.3 is 12.1 Å². The molecule has 0 radical (unpaired) electrons. The third kappa shape index (κ3) is 8.14. The lowest BCUT2D eigenvalue weighted by Gasteiger charge is -2.39. The van der Waals surface area contributed by atoms with Crippen molar-refractivity contribution < 1.29 is 28.6 Å². The summed E-state index contributed by atoms with van der Waals surface area (Å²) in [4.78, 5) is 32.9. The Morgan fingerprint density at radius 2 is 1.86 bits per heavy atom. The standard InChI is InChI=1S/C33H34BrFN4O5/c1-33(2,3)44-32(42)39(20-22-7-5-21(6-8-22)9-12-29(40)41)25-13-15-38(16-14-25)28-18-27(43-4)30(34)31(37-28)23-10-11-24(19-36)26(35)17-23/h5-12,17-18,25H,13-16,20H2,1-4H3,(H,40,41)/b12-9+. The molecule has 0 atom stereocenters. The van der Waals surface area contributed by atoms with Crippen LogP contribution in [0.3, 0.4) is 0 Å². The Hall–Kier alpha value is -4.43. The van der Waals surface area contributed by atoms with E-state index < -0.39 is 23.5 Å². The predicted octanol–water partition coefficient (Wildman–Crippen LogP) is 7.03. The Labute approximate surface area is 264 Å². The van der Waals surface area contributed by atoms with E-state index in [1.807, 2.05) is 57.2 Å². The summed E-state index contributed by atoms with van der Waals surface area (Å²) >= 11 is 3.53. The molecule has 230 valence electrons. The zero-order valence-electron chi connectivity index (χ0n) is 25.0. The van der Waals surface area contributed by atoms with E-state index in [9.17, 15) is 14.0 Å². The number of hydrogen-bond donors (Lipinski definition) is 1. The third-order valence-electron chi connectivity index (χ3n) is 7.10. The van der Waals surface area contributed by atoms with Crippen LogP contribution in [0, 0.1) is 17.1 Å². The van der Waals surface area contributed by atoms with Crippen LogP contribution < -0.4 is 9.64 Å². The molecule has 1 aliphatic heterocycles. The number of carboxylic acids is 1. The van der Waals surface area contributed by atoms with Crippen LogP contribution in [0.25, 0.3) is 17.3 Å². The van der Waals surface area contributed by atoms with Gasteiger partial charge in [0.2, 0.25) is 0 Å². The number of ether oxygens (including phenoxy) is 2. The van der Waals surface area contributed by atoms with Crippen LogP contribution in [-0.4, -0.2) is 58.9 Å². The van der Waals surface area contributed by atoms with Gasteiger partial charge in [0.05, 0.1) is 22.8 Å². The van der Waals surface area contributed by atoms with Gasteiger partial charge in [-0.15, -0.1) is 0 Å². The van der Waals surface area contributed by atoms with Crippen LogP contribution in [0.15, 0.2) is 59.1 Å². The van der Waals surface area contributed by atoms with E-state index in [1.54, 1.807) is 18.1 Å². The smallest absolute Gasteiger partial charge is 0.410 e. The molecule has 44 heavy (non-hydrogen) atoms. The average molecular weight is 666 g/mol. The lowest BCUT2D eigenvalue weighted by Crippen LogP contribution is -2.48. The number of nitrogens with zero attached hydrogens (tertiary/aromatic N) is 4. The molecular formula is C33H34BrFN4O5. The molecule has 1 saturated heterocycles. The number of rotatable bonds is 8. The fourth-order valence-electron chi connectivity index (χ4n) is 4.92. The summed E-state index contributed by atoms with van der Waals surface area (Å²) in [5.41, 5.74) is 1.92. The van der Waals surface area contributed by atoms with Crippen LogP contribution in [0.5, 0.6) is 5.75 Å². The molecule has 0 aliphatic carbocycles. The molecule has 1 fully saturated rings. The van der Waals surface area contributed by atoms with Gasteiger partial charge in [-0.05, 0) is 78.9 Å². The molecular weight excluding hydrogens is 631 g/mol. The molecule has 1 amide bonds. The lowest BCUT2D eigenvalue weighted by atomic mass is 10.0. The van der Waals surface area contributed by atoms with Gasteiger partial charge in [0.15, 0.2) is 0 Å². The maximum atomic E-state index is 14.5. The number of methoxy groups -OCH3 is 1. The Kier molecular flexibility index (Phi) is 10.3. The van der Waals surface area contributed by atoms with Crippen LogP contribution in [0.1, 0.15) is 50.3 Å². The van der Waals surface area contributed by atoms with Gasteiger partial charge in [-0.1, -0.05) is 30.3 Å². The molecule has 0 spiro atoms. The van der Waals surface area contributed by atoms with Crippen molar-refractivity contribution in [2.24, 2.45) is 0 Å². The number of amides is 1. The zero-order chi connectivity index (χ0) is 32.0. The number of carbonyl (C=O) groups is 2. The van der Waals surface area contributed by atoms with Crippen molar-refractivity contribution in [1.82, 2.24) is 9.88 Å². The second kappa shape index (κ2) is 13.9. The average Bonchev–Trinajstić information content (AvgIpc) is 2.98. The minimum absolute atomic E-state index is 0.0458. The first-order chi connectivity index (χ1) is 20.9. The summed E-state index contributed by atoms with van der Waals surface area (Å²) in [6, 6.07) is 15.3. The predicted molar refractivity (Wildman–Crippen MR) is 169 cm³/mol. The number of hydrogen-bond acceptors (Lipinski definition) is 7. The number of pyridine rings is 1. The highest BCUT2D eigenvalue weighted by Crippen LogP contribution is 2.38. The van der Waals surface area contributed by atoms with Crippen LogP contribution in [-0.2, 0) is 16.1 Å². The number of carbonyl (C=O) groups excluding carboxylic acids is 1. The second-order valence-electron chi connectivity index (χ2n) is 11.4. The number of carboxylic acid groups (broad SMARTS) is 1. The first-order valence-corrected chi connectivity index (χ1v) is 14.9. The number of benzene rings is 2. The lowest BCUT2D eigenvalue weighted by molar-refractivity contribution is -0.131. The van der Waals surface area contributed by atoms with Gasteiger partial charge in [-0.25, -0.2) is 19.0 Å². The molecule has 0 bridgehead atoms. The highest BCUT2D eigenvalue weighted by Gasteiger charge is 2.32. The van der Waals surface area contributed by atoms with Crippen molar-refractivity contribution in [2.45, 2.75) is 51.8 Å². The topological polar surface area (TPSA) is 116 Å². The molecule has 3 aromatic rings. The second-order valence-corrected chi connectivity index (χ2v) is 12.2. The molecule has 11 heteroatoms. The number of aromatic nitrogens is 1. The molecule has 1 aliphatic rings. The normalized spacial score (nSPS) is 13.9. The van der Waals surface area contributed by atoms with E-state index in [4.69, 9.17) is 24.8 Å². The van der Waals surface area contributed by atoms with Crippen molar-refractivity contribution in [2.75, 3.05) is 25.1 Å². The fraction of sp³-hybridized carbons (Fsp3) is 0.333. The van der Waals surface area contributed by atoms with E-state index >= 15 is 0 Å². The first-order valence-electron chi connectivity index (χ1n) is 14.1. The van der Waals surface area contributed by atoms with E-state index in [-0.39, 0.29) is 11.6 Å². The summed E-state index contributed by atoms with van der Waals surface area (Å²) in [6.07, 6.45) is 3.50. The minimum Gasteiger partial charge on any atom is -0.495 e. The number of nitriles is 1. The van der Waals surface area contributed by atoms with Gasteiger partial charge in [-0.3, -0.25) is 0 Å². The summed E-state index contributed by atoms with van der Waals surface area (Å²) in [5.74, 6) is -0.462. The molecule has 2 aromatic carbocycles. The van der Waals surface area contributed by atoms with Gasteiger partial charge in [-0.2, -0.15) is 5.26 Å². The molecule has 9 nitrogen and oxygen atoms in total. The summed E-state index contributed by atoms with van der Waals surface area (Å²) in [5, 5.41) is 18.0. The van der Waals surface area contributed by atoms with E-state index in [2.05, 4.69) is 20.8 Å². The largest absolute Gasteiger partial charge is 0.495 e. The van der Waals surface area contributed by atoms with E-state index in [0.717, 1.165) is 17.2 Å². The molecule has 0 unspecified atom stereocenters. The quantitative estimate of drug-likeness (QED) is 0.255. The number of aliphatic carboxylic acids is 1. The molecule has 1 aromatic heterocycles. The Bertz CT molecular complexity index is 1590. The van der Waals surface area contributed by atoms with E-state index in [0.29, 0.717) is 59.8 Å². The first kappa shape index (κ1) is 32.5. The molecule has 1 N–H and O–H groups in total. The zero-order valence-corrected chi connectivity index (χ0v) is 26.6. The Morgan fingerprint density at radius 3 is 2.43 bits per heavy atom.